The van der Waals surface area contributed by atoms with Crippen molar-refractivity contribution in [2.24, 2.45) is 0 Å². The van der Waals surface area contributed by atoms with Crippen molar-refractivity contribution in [1.29, 1.82) is 0 Å². The number of rotatable bonds is 0. The molecule has 0 unspecified atom stereocenters. The molecule has 1 heteroatoms. The number of hydrogen-bond donors (Lipinski definition) is 0. The van der Waals surface area contributed by atoms with E-state index >= 15 is 0 Å². The Bertz CT molecular complexity index is 363. The Hall–Kier alpha value is -1.24. The van der Waals surface area contributed by atoms with Crippen LogP contribution in [0.2, 0.25) is 0 Å². The summed E-state index contributed by atoms with van der Waals surface area (Å²) in [5.41, 5.74) is 1.29. The van der Waals surface area contributed by atoms with Crippen LogP contribution in [0.3, 0.4) is 0 Å². The largest absolute Gasteiger partial charge is 0.263 e. The molecule has 0 bridgehead atoms. The molecular formula is C9H8N. The van der Waals surface area contributed by atoms with Crippen molar-refractivity contribution in [3.05, 3.63) is 34.2 Å². The second kappa shape index (κ2) is 1.87. The molecule has 1 radical (unpaired) electrons. The Balaban J connectivity index is 2.88. The molecule has 0 aromatic heterocycles. The van der Waals surface area contributed by atoms with E-state index in [9.17, 15) is 0 Å². The first-order chi connectivity index (χ1) is 4.86. The van der Waals surface area contributed by atoms with Gasteiger partial charge in [-0.1, -0.05) is 17.7 Å². The summed E-state index contributed by atoms with van der Waals surface area (Å²) in [5.74, 6) is 0. The van der Waals surface area contributed by atoms with Gasteiger partial charge in [-0.2, -0.15) is 0 Å². The zero-order valence-electron chi connectivity index (χ0n) is 5.83. The predicted octanol–water partition coefficient (Wildman–Crippen LogP) is 0.0890. The van der Waals surface area contributed by atoms with E-state index in [1.165, 1.54) is 16.0 Å². The average Bonchev–Trinajstić information content (AvgIpc) is 2.33. The molecule has 1 nitrogen and oxygen atoms in total. The van der Waals surface area contributed by atoms with Crippen molar-refractivity contribution in [3.8, 4) is 0 Å². The lowest BCUT2D eigenvalue weighted by Crippen LogP contribution is -2.20. The molecule has 0 aliphatic carbocycles. The van der Waals surface area contributed by atoms with Crippen LogP contribution in [-0.4, -0.2) is 0 Å². The Morgan fingerprint density at radius 3 is 2.80 bits per heavy atom. The van der Waals surface area contributed by atoms with Crippen LogP contribution in [0.5, 0.6) is 0 Å². The molecule has 0 atom stereocenters. The van der Waals surface area contributed by atoms with E-state index in [0.717, 1.165) is 0 Å². The van der Waals surface area contributed by atoms with Gasteiger partial charge in [0, 0.05) is 22.8 Å². The van der Waals surface area contributed by atoms with Gasteiger partial charge < -0.3 is 0 Å². The van der Waals surface area contributed by atoms with Gasteiger partial charge in [0.1, 0.15) is 0 Å². The fourth-order valence-corrected chi connectivity index (χ4v) is 1.12. The van der Waals surface area contributed by atoms with Crippen LogP contribution < -0.4 is 15.8 Å². The third-order valence-electron chi connectivity index (χ3n) is 1.67. The normalized spacial score (nSPS) is 12.9. The van der Waals surface area contributed by atoms with Gasteiger partial charge in [-0.25, -0.2) is 0 Å². The molecule has 0 fully saturated rings. The highest BCUT2D eigenvalue weighted by Gasteiger charge is 1.91. The van der Waals surface area contributed by atoms with E-state index < -0.39 is 0 Å². The van der Waals surface area contributed by atoms with Crippen molar-refractivity contribution >= 4 is 12.4 Å². The van der Waals surface area contributed by atoms with Gasteiger partial charge in [0.25, 0.3) is 0 Å². The summed E-state index contributed by atoms with van der Waals surface area (Å²) in [6.45, 7) is 2.09. The third-order valence-corrected chi connectivity index (χ3v) is 1.67. The number of nitrogens with zero attached hydrogens (tertiary/aromatic N) is 1. The second-order valence-electron chi connectivity index (χ2n) is 2.54. The van der Waals surface area contributed by atoms with Crippen LogP contribution in [0.4, 0.5) is 0 Å². The summed E-state index contributed by atoms with van der Waals surface area (Å²) in [6, 6.07) is 6.34. The Kier molecular flexibility index (Phi) is 1.04. The zero-order chi connectivity index (χ0) is 6.97. The van der Waals surface area contributed by atoms with Gasteiger partial charge >= 0.3 is 0 Å². The lowest BCUT2D eigenvalue weighted by molar-refractivity contribution is 1.39. The predicted molar refractivity (Wildman–Crippen MR) is 41.5 cm³/mol. The molecule has 1 aliphatic heterocycles. The number of hydrogen-bond acceptors (Lipinski definition) is 0. The van der Waals surface area contributed by atoms with Gasteiger partial charge in [-0.3, -0.25) is 5.32 Å². The van der Waals surface area contributed by atoms with Crippen molar-refractivity contribution in [2.45, 2.75) is 6.92 Å². The Labute approximate surface area is 59.7 Å². The van der Waals surface area contributed by atoms with E-state index in [4.69, 9.17) is 0 Å². The van der Waals surface area contributed by atoms with E-state index in [0.29, 0.717) is 0 Å². The minimum atomic E-state index is 1.23. The minimum Gasteiger partial charge on any atom is -0.263 e. The lowest BCUT2D eigenvalue weighted by Gasteiger charge is -1.87. The zero-order valence-corrected chi connectivity index (χ0v) is 5.83. The summed E-state index contributed by atoms with van der Waals surface area (Å²) < 4.78 is 0. The number of fused-ring (bicyclic) bond motifs is 1. The summed E-state index contributed by atoms with van der Waals surface area (Å²) in [7, 11) is 0. The number of aryl methyl sites for hydroxylation is 1. The van der Waals surface area contributed by atoms with Crippen LogP contribution in [0.25, 0.3) is 12.4 Å². The van der Waals surface area contributed by atoms with Crippen molar-refractivity contribution < 1.29 is 0 Å². The molecule has 0 spiro atoms. The Morgan fingerprint density at radius 1 is 1.10 bits per heavy atom. The van der Waals surface area contributed by atoms with Crippen LogP contribution in [0.1, 0.15) is 5.56 Å². The molecule has 0 N–H and O–H groups in total. The fraction of sp³-hybridized carbons (Fsp3) is 0.111. The van der Waals surface area contributed by atoms with Crippen LogP contribution in [0, 0.1) is 6.92 Å². The lowest BCUT2D eigenvalue weighted by atomic mass is 10.2. The topological polar surface area (TPSA) is 14.1 Å². The van der Waals surface area contributed by atoms with Crippen LogP contribution >= 0.6 is 0 Å². The van der Waals surface area contributed by atoms with Gasteiger partial charge in [0.2, 0.25) is 0 Å². The molecule has 1 aromatic rings. The molecule has 0 saturated carbocycles. The van der Waals surface area contributed by atoms with Gasteiger partial charge in [-0.15, -0.1) is 0 Å². The monoisotopic (exact) mass is 130 g/mol. The van der Waals surface area contributed by atoms with E-state index in [-0.39, 0.29) is 0 Å². The van der Waals surface area contributed by atoms with E-state index in [1.807, 2.05) is 12.4 Å². The first-order valence-electron chi connectivity index (χ1n) is 3.33. The second-order valence-corrected chi connectivity index (χ2v) is 2.54. The SMILES string of the molecule is Cc1ccc2c(c1)=C[N]C=2. The molecule has 0 saturated heterocycles. The molecule has 49 valence electrons. The van der Waals surface area contributed by atoms with Gasteiger partial charge in [0.15, 0.2) is 0 Å². The van der Waals surface area contributed by atoms with Crippen LogP contribution in [0.15, 0.2) is 18.2 Å². The smallest absolute Gasteiger partial charge is 0.0347 e. The van der Waals surface area contributed by atoms with Gasteiger partial charge in [0.05, 0.1) is 0 Å². The van der Waals surface area contributed by atoms with Crippen LogP contribution in [-0.2, 0) is 0 Å². The number of benzene rings is 1. The molecule has 0 amide bonds. The van der Waals surface area contributed by atoms with Gasteiger partial charge in [-0.05, 0) is 13.0 Å². The molecule has 1 aliphatic rings. The standard InChI is InChI=1S/C9H8N/c1-7-2-3-8-5-10-6-9(8)4-7/h2-6H,1H3. The fourth-order valence-electron chi connectivity index (χ4n) is 1.12. The molecule has 10 heavy (non-hydrogen) atoms. The maximum Gasteiger partial charge on any atom is 0.0347 e. The highest BCUT2D eigenvalue weighted by Crippen LogP contribution is 1.87. The van der Waals surface area contributed by atoms with Crippen molar-refractivity contribution in [1.82, 2.24) is 5.32 Å². The third kappa shape index (κ3) is 0.711. The van der Waals surface area contributed by atoms with Crippen molar-refractivity contribution in [2.75, 3.05) is 0 Å². The molecule has 1 heterocycles. The molecular weight excluding hydrogens is 122 g/mol. The summed E-state index contributed by atoms with van der Waals surface area (Å²) in [4.78, 5) is 0. The average molecular weight is 130 g/mol. The maximum atomic E-state index is 4.04. The summed E-state index contributed by atoms with van der Waals surface area (Å²) in [5, 5.41) is 6.51. The minimum absolute atomic E-state index is 1.23. The highest BCUT2D eigenvalue weighted by molar-refractivity contribution is 5.42. The van der Waals surface area contributed by atoms with E-state index in [1.54, 1.807) is 0 Å². The first-order valence-corrected chi connectivity index (χ1v) is 3.33. The van der Waals surface area contributed by atoms with Crippen molar-refractivity contribution in [3.63, 3.8) is 0 Å². The summed E-state index contributed by atoms with van der Waals surface area (Å²) in [6.07, 6.45) is 3.77. The molecule has 2 rings (SSSR count). The molecule has 1 aromatic carbocycles. The maximum absolute atomic E-state index is 4.04. The van der Waals surface area contributed by atoms with E-state index in [2.05, 4.69) is 30.4 Å². The first kappa shape index (κ1) is 5.54. The quantitative estimate of drug-likeness (QED) is 0.472. The Morgan fingerprint density at radius 2 is 1.90 bits per heavy atom. The summed E-state index contributed by atoms with van der Waals surface area (Å²) >= 11 is 0. The highest BCUT2D eigenvalue weighted by atomic mass is 14.8.